The lowest BCUT2D eigenvalue weighted by molar-refractivity contribution is -0.139. The lowest BCUT2D eigenvalue weighted by atomic mass is 10.0. The molecule has 15 heteroatoms. The largest absolute Gasteiger partial charge is 0.494 e. The highest BCUT2D eigenvalue weighted by atomic mass is 19.4. The fourth-order valence-corrected chi connectivity index (χ4v) is 5.33. The Hall–Kier alpha value is -5.34. The second kappa shape index (κ2) is 14.4. The van der Waals surface area contributed by atoms with Crippen molar-refractivity contribution >= 4 is 5.97 Å². The Morgan fingerprint density at radius 3 is 2.30 bits per heavy atom. The summed E-state index contributed by atoms with van der Waals surface area (Å²) < 4.78 is 78.8. The van der Waals surface area contributed by atoms with Crippen molar-refractivity contribution in [2.45, 2.75) is 45.1 Å². The molecule has 47 heavy (non-hydrogen) atoms. The summed E-state index contributed by atoms with van der Waals surface area (Å²) >= 11 is 0. The van der Waals surface area contributed by atoms with Crippen LogP contribution in [0.25, 0.3) is 11.1 Å². The van der Waals surface area contributed by atoms with Crippen LogP contribution in [-0.2, 0) is 24.1 Å². The highest BCUT2D eigenvalue weighted by molar-refractivity contribution is 5.68. The van der Waals surface area contributed by atoms with E-state index in [1.807, 2.05) is 0 Å². The number of carbonyl (C=O) groups is 1. The van der Waals surface area contributed by atoms with E-state index in [1.54, 1.807) is 30.3 Å². The molecule has 4 rings (SSSR count). The number of carboxylic acids is 1. The van der Waals surface area contributed by atoms with Gasteiger partial charge < -0.3 is 9.84 Å². The van der Waals surface area contributed by atoms with Crippen LogP contribution in [-0.4, -0.2) is 38.9 Å². The minimum Gasteiger partial charge on any atom is -0.494 e. The zero-order chi connectivity index (χ0) is 34.5. The number of ether oxygens (including phenoxy) is 1. The number of alkyl halides is 3. The van der Waals surface area contributed by atoms with Gasteiger partial charge in [0.1, 0.15) is 5.82 Å². The van der Waals surface area contributed by atoms with Gasteiger partial charge in [0.05, 0.1) is 42.7 Å². The number of methoxy groups -OCH3 is 1. The zero-order valence-corrected chi connectivity index (χ0v) is 25.1. The van der Waals surface area contributed by atoms with Crippen molar-refractivity contribution in [2.75, 3.05) is 13.7 Å². The van der Waals surface area contributed by atoms with E-state index in [9.17, 15) is 36.9 Å². The first-order valence-electron chi connectivity index (χ1n) is 14.2. The molecule has 248 valence electrons. The number of halogens is 5. The number of nitrogens with zero attached hydrogens (tertiary/aromatic N) is 4. The van der Waals surface area contributed by atoms with E-state index in [4.69, 9.17) is 9.84 Å². The fraction of sp³-hybridized carbons (Fsp3) is 0.281. The van der Waals surface area contributed by atoms with Gasteiger partial charge in [-0.2, -0.15) is 13.2 Å². The van der Waals surface area contributed by atoms with Crippen LogP contribution in [0, 0.1) is 23.5 Å². The van der Waals surface area contributed by atoms with E-state index in [0.29, 0.717) is 16.2 Å². The molecule has 0 radical (unpaired) electrons. The quantitative estimate of drug-likeness (QED) is 0.107. The molecule has 1 heterocycles. The third-order valence-corrected chi connectivity index (χ3v) is 7.66. The van der Waals surface area contributed by atoms with Gasteiger partial charge in [-0.05, 0) is 37.1 Å². The lowest BCUT2D eigenvalue weighted by Crippen LogP contribution is -2.45. The molecule has 4 aromatic rings. The molecule has 0 saturated heterocycles. The van der Waals surface area contributed by atoms with Gasteiger partial charge in [0.2, 0.25) is 0 Å². The number of hydrogen-bond donors (Lipinski definition) is 1. The Labute approximate surface area is 264 Å². The van der Waals surface area contributed by atoms with Crippen LogP contribution in [0.5, 0.6) is 5.75 Å². The van der Waals surface area contributed by atoms with Gasteiger partial charge in [-0.1, -0.05) is 48.5 Å². The molecule has 0 fully saturated rings. The van der Waals surface area contributed by atoms with Crippen LogP contribution < -0.4 is 16.0 Å². The first kappa shape index (κ1) is 34.5. The summed E-state index contributed by atoms with van der Waals surface area (Å²) in [6.07, 6.45) is -5.37. The highest BCUT2D eigenvalue weighted by Gasteiger charge is 2.35. The first-order chi connectivity index (χ1) is 22.3. The molecule has 0 aliphatic heterocycles. The summed E-state index contributed by atoms with van der Waals surface area (Å²) in [4.78, 5) is 51.3. The molecule has 0 bridgehead atoms. The third-order valence-electron chi connectivity index (χ3n) is 7.66. The Morgan fingerprint density at radius 2 is 1.68 bits per heavy atom. The van der Waals surface area contributed by atoms with Gasteiger partial charge in [0.15, 0.2) is 11.6 Å². The number of rotatable bonds is 13. The van der Waals surface area contributed by atoms with Crippen molar-refractivity contribution in [3.63, 3.8) is 0 Å². The second-order valence-electron chi connectivity index (χ2n) is 10.5. The van der Waals surface area contributed by atoms with Crippen molar-refractivity contribution in [1.29, 1.82) is 0 Å². The van der Waals surface area contributed by atoms with Crippen molar-refractivity contribution in [3.05, 3.63) is 126 Å². The topological polar surface area (TPSA) is 123 Å². The summed E-state index contributed by atoms with van der Waals surface area (Å²) in [5.41, 5.74) is -5.13. The third kappa shape index (κ3) is 7.39. The van der Waals surface area contributed by atoms with Crippen LogP contribution in [0.2, 0.25) is 0 Å². The van der Waals surface area contributed by atoms with Crippen LogP contribution in [0.15, 0.2) is 81.6 Å². The Morgan fingerprint density at radius 1 is 1.00 bits per heavy atom. The number of nitroso groups, excluding NO2 is 1. The summed E-state index contributed by atoms with van der Waals surface area (Å²) in [7, 11) is 1.18. The van der Waals surface area contributed by atoms with E-state index in [0.717, 1.165) is 21.7 Å². The molecule has 0 aliphatic carbocycles. The van der Waals surface area contributed by atoms with Crippen LogP contribution in [0.4, 0.5) is 22.0 Å². The molecule has 1 N–H and O–H groups in total. The summed E-state index contributed by atoms with van der Waals surface area (Å²) in [5, 5.41) is 13.0. The van der Waals surface area contributed by atoms with Crippen LogP contribution in [0.1, 0.15) is 41.3 Å². The van der Waals surface area contributed by atoms with Gasteiger partial charge in [-0.3, -0.25) is 23.7 Å². The maximum atomic E-state index is 15.6. The van der Waals surface area contributed by atoms with E-state index in [-0.39, 0.29) is 36.4 Å². The molecule has 0 amide bonds. The predicted molar refractivity (Wildman–Crippen MR) is 161 cm³/mol. The Balaban J connectivity index is 2.01. The average Bonchev–Trinajstić information content (AvgIpc) is 3.03. The first-order valence-corrected chi connectivity index (χ1v) is 14.2. The number of aliphatic carboxylic acids is 1. The van der Waals surface area contributed by atoms with Gasteiger partial charge >= 0.3 is 17.8 Å². The maximum absolute atomic E-state index is 15.6. The van der Waals surface area contributed by atoms with E-state index in [2.05, 4.69) is 5.29 Å². The Bertz CT molecular complexity index is 1890. The van der Waals surface area contributed by atoms with Crippen molar-refractivity contribution < 1.29 is 36.6 Å². The molecule has 0 aliphatic rings. The van der Waals surface area contributed by atoms with Gasteiger partial charge in [0, 0.05) is 29.8 Å². The van der Waals surface area contributed by atoms with Gasteiger partial charge in [-0.25, -0.2) is 13.6 Å². The maximum Gasteiger partial charge on any atom is 0.416 e. The Kier molecular flexibility index (Phi) is 10.6. The molecule has 0 spiro atoms. The van der Waals surface area contributed by atoms with Gasteiger partial charge in [-0.15, -0.1) is 4.91 Å². The minimum absolute atomic E-state index is 0.0365. The average molecular weight is 661 g/mol. The van der Waals surface area contributed by atoms with E-state index >= 15 is 4.39 Å². The summed E-state index contributed by atoms with van der Waals surface area (Å²) in [6, 6.07) is 13.0. The monoisotopic (exact) mass is 660 g/mol. The van der Waals surface area contributed by atoms with Crippen molar-refractivity contribution in [2.24, 2.45) is 5.29 Å². The molecule has 0 unspecified atom stereocenters. The number of benzene rings is 3. The molecule has 1 aromatic heterocycles. The van der Waals surface area contributed by atoms with Crippen molar-refractivity contribution in [1.82, 2.24) is 14.1 Å². The predicted octanol–water partition coefficient (Wildman–Crippen LogP) is 5.93. The van der Waals surface area contributed by atoms with Crippen molar-refractivity contribution in [3.8, 4) is 16.9 Å². The summed E-state index contributed by atoms with van der Waals surface area (Å²) in [5.74, 6) is -3.68. The molecule has 10 nitrogen and oxygen atoms in total. The SMILES string of the molecule is COc1cccc(-c2c(C)n(Cc3c(F)cccc3C(F)(F)F)c(=O)n(C[C@@H](c3ccccc3)N(CCCC(=O)O)N=O)c2=O)c1F. The zero-order valence-electron chi connectivity index (χ0n) is 25.1. The lowest BCUT2D eigenvalue weighted by Gasteiger charge is -2.28. The minimum atomic E-state index is -5.00. The van der Waals surface area contributed by atoms with E-state index < -0.39 is 70.9 Å². The smallest absolute Gasteiger partial charge is 0.416 e. The number of aromatic nitrogens is 2. The van der Waals surface area contributed by atoms with Crippen LogP contribution >= 0.6 is 0 Å². The molecule has 1 atom stereocenters. The number of carboxylic acid groups (broad SMARTS) is 1. The van der Waals surface area contributed by atoms with Gasteiger partial charge in [0.25, 0.3) is 5.56 Å². The highest BCUT2D eigenvalue weighted by Crippen LogP contribution is 2.34. The summed E-state index contributed by atoms with van der Waals surface area (Å²) in [6.45, 7) is -0.598. The van der Waals surface area contributed by atoms with Crippen LogP contribution in [0.3, 0.4) is 0 Å². The molecular weight excluding hydrogens is 631 g/mol. The van der Waals surface area contributed by atoms with E-state index in [1.165, 1.54) is 32.2 Å². The molecule has 3 aromatic carbocycles. The second-order valence-corrected chi connectivity index (χ2v) is 10.5. The molecular formula is C32H29F5N4O6. The molecule has 0 saturated carbocycles. The normalized spacial score (nSPS) is 12.1. The number of hydrogen-bond acceptors (Lipinski definition) is 6. The standard InChI is InChI=1S/C32H29F5N4O6/c1-19-28(21-11-6-14-26(47-2)29(21)34)30(44)40(31(45)39(19)17-22-23(32(35,36)37)12-7-13-24(22)33)18-25(20-9-4-3-5-10-20)41(38-46)16-8-15-27(42)43/h3-7,9-14,25H,8,15-18H2,1-2H3,(H,42,43)/t25-/m0/s1. The fourth-order valence-electron chi connectivity index (χ4n) is 5.33.